The third-order valence-electron chi connectivity index (χ3n) is 2.47. The molecule has 0 aromatic heterocycles. The van der Waals surface area contributed by atoms with Crippen LogP contribution in [0, 0.1) is 5.82 Å². The summed E-state index contributed by atoms with van der Waals surface area (Å²) in [6, 6.07) is 4.61. The number of ether oxygens (including phenoxy) is 2. The second-order valence-electron chi connectivity index (χ2n) is 3.58. The Hall–Kier alpha value is -1.29. The van der Waals surface area contributed by atoms with Crippen LogP contribution in [0.25, 0.3) is 0 Å². The minimum Gasteiger partial charge on any atom is -0.488 e. The Morgan fingerprint density at radius 1 is 1.33 bits per heavy atom. The van der Waals surface area contributed by atoms with E-state index in [1.165, 1.54) is 6.07 Å². The van der Waals surface area contributed by atoms with Crippen LogP contribution in [0.3, 0.4) is 0 Å². The van der Waals surface area contributed by atoms with Gasteiger partial charge in [-0.25, -0.2) is 4.39 Å². The highest BCUT2D eigenvalue weighted by molar-refractivity contribution is 5.53. The number of nitrogens with two attached hydrogens (primary N) is 1. The van der Waals surface area contributed by atoms with E-state index in [4.69, 9.17) is 15.2 Å². The molecule has 1 aromatic carbocycles. The van der Waals surface area contributed by atoms with E-state index in [-0.39, 0.29) is 11.8 Å². The molecule has 1 fully saturated rings. The number of halogens is 1. The molecule has 2 N–H and O–H groups in total. The first-order chi connectivity index (χ1) is 7.27. The number of nitrogen functional groups attached to an aromatic ring is 1. The summed E-state index contributed by atoms with van der Waals surface area (Å²) in [6.07, 6.45) is 1.74. The molecule has 82 valence electrons. The minimum absolute atomic E-state index is 0.0860. The van der Waals surface area contributed by atoms with Crippen LogP contribution in [0.2, 0.25) is 0 Å². The largest absolute Gasteiger partial charge is 0.488 e. The average Bonchev–Trinajstić information content (AvgIpc) is 2.26. The maximum absolute atomic E-state index is 13.1. The summed E-state index contributed by atoms with van der Waals surface area (Å²) in [7, 11) is 0. The fourth-order valence-electron chi connectivity index (χ4n) is 1.59. The van der Waals surface area contributed by atoms with Gasteiger partial charge in [-0.1, -0.05) is 6.07 Å². The van der Waals surface area contributed by atoms with Crippen LogP contribution in [0.1, 0.15) is 12.8 Å². The van der Waals surface area contributed by atoms with Gasteiger partial charge in [-0.15, -0.1) is 0 Å². The Bertz CT molecular complexity index is 337. The first-order valence-corrected chi connectivity index (χ1v) is 5.06. The van der Waals surface area contributed by atoms with E-state index < -0.39 is 5.82 Å². The average molecular weight is 211 g/mol. The first-order valence-electron chi connectivity index (χ1n) is 5.06. The van der Waals surface area contributed by atoms with E-state index >= 15 is 0 Å². The van der Waals surface area contributed by atoms with Gasteiger partial charge in [0, 0.05) is 12.8 Å². The Balaban J connectivity index is 2.06. The zero-order valence-corrected chi connectivity index (χ0v) is 8.41. The Kier molecular flexibility index (Phi) is 3.06. The molecule has 0 atom stereocenters. The van der Waals surface area contributed by atoms with Crippen molar-refractivity contribution in [2.45, 2.75) is 18.9 Å². The third-order valence-corrected chi connectivity index (χ3v) is 2.47. The number of hydrogen-bond acceptors (Lipinski definition) is 3. The van der Waals surface area contributed by atoms with E-state index in [1.54, 1.807) is 12.1 Å². The van der Waals surface area contributed by atoms with Crippen molar-refractivity contribution in [3.05, 3.63) is 24.0 Å². The van der Waals surface area contributed by atoms with Gasteiger partial charge in [0.05, 0.1) is 13.2 Å². The van der Waals surface area contributed by atoms with Gasteiger partial charge in [0.15, 0.2) is 0 Å². The zero-order valence-electron chi connectivity index (χ0n) is 8.41. The highest BCUT2D eigenvalue weighted by Gasteiger charge is 2.17. The fraction of sp³-hybridized carbons (Fsp3) is 0.455. The van der Waals surface area contributed by atoms with E-state index in [2.05, 4.69) is 0 Å². The molecule has 1 aliphatic heterocycles. The predicted molar refractivity (Wildman–Crippen MR) is 55.3 cm³/mol. The van der Waals surface area contributed by atoms with Crippen LogP contribution >= 0.6 is 0 Å². The molecule has 0 bridgehead atoms. The molecule has 15 heavy (non-hydrogen) atoms. The summed E-state index contributed by atoms with van der Waals surface area (Å²) < 4.78 is 23.9. The lowest BCUT2D eigenvalue weighted by Gasteiger charge is -2.23. The van der Waals surface area contributed by atoms with Crippen LogP contribution in [-0.2, 0) is 4.74 Å². The summed E-state index contributed by atoms with van der Waals surface area (Å²) in [6.45, 7) is 1.39. The molecule has 4 heteroatoms. The lowest BCUT2D eigenvalue weighted by Crippen LogP contribution is -2.26. The molecule has 0 amide bonds. The van der Waals surface area contributed by atoms with Crippen molar-refractivity contribution in [1.82, 2.24) is 0 Å². The van der Waals surface area contributed by atoms with Gasteiger partial charge >= 0.3 is 0 Å². The van der Waals surface area contributed by atoms with Crippen LogP contribution in [0.15, 0.2) is 18.2 Å². The Labute approximate surface area is 88.0 Å². The minimum atomic E-state index is -0.431. The van der Waals surface area contributed by atoms with E-state index in [1.807, 2.05) is 0 Å². The van der Waals surface area contributed by atoms with Crippen molar-refractivity contribution in [3.8, 4) is 5.75 Å². The molecular weight excluding hydrogens is 197 g/mol. The molecular formula is C11H14FNO2. The SMILES string of the molecule is Nc1c(F)cccc1OC1CCOCC1. The monoisotopic (exact) mass is 211 g/mol. The van der Waals surface area contributed by atoms with Crippen LogP contribution in [0.5, 0.6) is 5.75 Å². The van der Waals surface area contributed by atoms with Gasteiger partial charge < -0.3 is 15.2 Å². The Morgan fingerprint density at radius 3 is 2.80 bits per heavy atom. The van der Waals surface area contributed by atoms with Crippen molar-refractivity contribution in [1.29, 1.82) is 0 Å². The van der Waals surface area contributed by atoms with Gasteiger partial charge in [0.2, 0.25) is 0 Å². The van der Waals surface area contributed by atoms with Gasteiger partial charge in [-0.3, -0.25) is 0 Å². The van der Waals surface area contributed by atoms with E-state index in [9.17, 15) is 4.39 Å². The summed E-state index contributed by atoms with van der Waals surface area (Å²) >= 11 is 0. The molecule has 1 aliphatic rings. The smallest absolute Gasteiger partial charge is 0.149 e. The van der Waals surface area contributed by atoms with E-state index in [0.717, 1.165) is 12.8 Å². The summed E-state index contributed by atoms with van der Waals surface area (Å²) in [5.41, 5.74) is 5.66. The molecule has 2 rings (SSSR count). The van der Waals surface area contributed by atoms with Crippen molar-refractivity contribution in [2.75, 3.05) is 18.9 Å². The lowest BCUT2D eigenvalue weighted by molar-refractivity contribution is 0.0258. The van der Waals surface area contributed by atoms with Crippen molar-refractivity contribution in [3.63, 3.8) is 0 Å². The molecule has 1 heterocycles. The van der Waals surface area contributed by atoms with Gasteiger partial charge in [0.25, 0.3) is 0 Å². The molecule has 1 aromatic rings. The zero-order chi connectivity index (χ0) is 10.7. The highest BCUT2D eigenvalue weighted by Crippen LogP contribution is 2.26. The maximum atomic E-state index is 13.1. The maximum Gasteiger partial charge on any atom is 0.149 e. The van der Waals surface area contributed by atoms with Gasteiger partial charge in [-0.2, -0.15) is 0 Å². The number of rotatable bonds is 2. The molecule has 0 spiro atoms. The summed E-state index contributed by atoms with van der Waals surface area (Å²) in [4.78, 5) is 0. The number of anilines is 1. The standard InChI is InChI=1S/C11H14FNO2/c12-9-2-1-3-10(11(9)13)15-8-4-6-14-7-5-8/h1-3,8H,4-7,13H2. The molecule has 3 nitrogen and oxygen atoms in total. The number of benzene rings is 1. The van der Waals surface area contributed by atoms with Crippen molar-refractivity contribution < 1.29 is 13.9 Å². The van der Waals surface area contributed by atoms with Gasteiger partial charge in [0.1, 0.15) is 23.4 Å². The summed E-state index contributed by atoms with van der Waals surface area (Å²) in [5, 5.41) is 0. The van der Waals surface area contributed by atoms with Gasteiger partial charge in [-0.05, 0) is 12.1 Å². The molecule has 0 radical (unpaired) electrons. The fourth-order valence-corrected chi connectivity index (χ4v) is 1.59. The normalized spacial score (nSPS) is 17.7. The first kappa shape index (κ1) is 10.2. The van der Waals surface area contributed by atoms with E-state index in [0.29, 0.717) is 19.0 Å². The summed E-state index contributed by atoms with van der Waals surface area (Å²) in [5.74, 6) is 0.00135. The number of hydrogen-bond donors (Lipinski definition) is 1. The van der Waals surface area contributed by atoms with Crippen LogP contribution in [-0.4, -0.2) is 19.3 Å². The topological polar surface area (TPSA) is 44.5 Å². The Morgan fingerprint density at radius 2 is 2.07 bits per heavy atom. The quantitative estimate of drug-likeness (QED) is 0.760. The third kappa shape index (κ3) is 2.39. The second kappa shape index (κ2) is 4.49. The van der Waals surface area contributed by atoms with Crippen molar-refractivity contribution >= 4 is 5.69 Å². The molecule has 0 unspecified atom stereocenters. The second-order valence-corrected chi connectivity index (χ2v) is 3.58. The molecule has 1 saturated heterocycles. The highest BCUT2D eigenvalue weighted by atomic mass is 19.1. The lowest BCUT2D eigenvalue weighted by atomic mass is 10.1. The molecule has 0 saturated carbocycles. The predicted octanol–water partition coefficient (Wildman–Crippen LogP) is 1.97. The van der Waals surface area contributed by atoms with Crippen molar-refractivity contribution in [2.24, 2.45) is 0 Å². The van der Waals surface area contributed by atoms with Crippen LogP contribution in [0.4, 0.5) is 10.1 Å². The van der Waals surface area contributed by atoms with Crippen LogP contribution < -0.4 is 10.5 Å². The number of para-hydroxylation sites is 1. The molecule has 0 aliphatic carbocycles.